The smallest absolute Gasteiger partial charge is 0.161 e. The molecule has 236 valence electrons. The summed E-state index contributed by atoms with van der Waals surface area (Å²) in [6, 6.07) is 55.8. The summed E-state index contributed by atoms with van der Waals surface area (Å²) in [5.74, 6) is 0.534. The first-order valence-electron chi connectivity index (χ1n) is 16.5. The number of furan rings is 1. The van der Waals surface area contributed by atoms with E-state index in [4.69, 9.17) is 14.4 Å². The zero-order chi connectivity index (χ0) is 33.4. The molecule has 0 saturated heterocycles. The van der Waals surface area contributed by atoms with E-state index in [0.29, 0.717) is 17.0 Å². The number of rotatable bonds is 5. The van der Waals surface area contributed by atoms with E-state index in [0.717, 1.165) is 44.2 Å². The molecule has 0 aliphatic rings. The van der Waals surface area contributed by atoms with Gasteiger partial charge in [0.1, 0.15) is 11.2 Å². The van der Waals surface area contributed by atoms with E-state index in [1.165, 1.54) is 25.7 Å². The molecule has 0 fully saturated rings. The Morgan fingerprint density at radius 1 is 0.580 bits per heavy atom. The quantitative estimate of drug-likeness (QED) is 0.145. The van der Waals surface area contributed by atoms with Gasteiger partial charge < -0.3 is 4.42 Å². The highest BCUT2D eigenvalue weighted by atomic mass is 32.1. The monoisotopic (exact) mass is 659 g/mol. The van der Waals surface area contributed by atoms with Gasteiger partial charge in [-0.05, 0) is 58.1 Å². The minimum absolute atomic E-state index is 0.0824. The number of hydrogen-bond donors (Lipinski definition) is 1. The van der Waals surface area contributed by atoms with Crippen LogP contribution < -0.4 is 0 Å². The Hall–Kier alpha value is -6.43. The minimum Gasteiger partial charge on any atom is -0.455 e. The Bertz CT molecular complexity index is 2770. The predicted molar refractivity (Wildman–Crippen MR) is 211 cm³/mol. The van der Waals surface area contributed by atoms with E-state index < -0.39 is 0 Å². The standard InChI is InChI=1S/C45H29N3OS/c46-44(48-45(31-15-5-2-6-16-31)47-28-29-12-9-17-32(26-29)30-13-3-1-4-14-30)38-22-11-20-36-39-27-33(24-25-40(39)49-42(36)38)34-19-10-21-37-35-18-7-8-23-41(35)50-43(34)37/h1-28,46H/b46-44?,47-28+,48-45-. The highest BCUT2D eigenvalue weighted by Crippen LogP contribution is 2.41. The first kappa shape index (κ1) is 29.7. The Kier molecular flexibility index (Phi) is 7.45. The number of thiophene rings is 1. The van der Waals surface area contributed by atoms with E-state index >= 15 is 0 Å². The van der Waals surface area contributed by atoms with Gasteiger partial charge in [0, 0.05) is 42.7 Å². The zero-order valence-electron chi connectivity index (χ0n) is 26.9. The second-order valence-electron chi connectivity index (χ2n) is 12.2. The Labute approximate surface area is 292 Å². The molecule has 1 N–H and O–H groups in total. The summed E-state index contributed by atoms with van der Waals surface area (Å²) in [7, 11) is 0. The summed E-state index contributed by atoms with van der Waals surface area (Å²) in [4.78, 5) is 9.62. The lowest BCUT2D eigenvalue weighted by Gasteiger charge is -2.05. The van der Waals surface area contributed by atoms with Crippen LogP contribution in [-0.2, 0) is 0 Å². The lowest BCUT2D eigenvalue weighted by atomic mass is 10.00. The van der Waals surface area contributed by atoms with Crippen molar-refractivity contribution in [1.82, 2.24) is 0 Å². The molecule has 0 spiro atoms. The van der Waals surface area contributed by atoms with E-state index in [2.05, 4.69) is 84.9 Å². The van der Waals surface area contributed by atoms with E-state index in [-0.39, 0.29) is 5.84 Å². The molecule has 7 aromatic carbocycles. The Morgan fingerprint density at radius 3 is 2.18 bits per heavy atom. The van der Waals surface area contributed by atoms with Crippen molar-refractivity contribution in [2.24, 2.45) is 9.98 Å². The van der Waals surface area contributed by atoms with Crippen LogP contribution in [0.2, 0.25) is 0 Å². The first-order chi connectivity index (χ1) is 24.7. The number of amidine groups is 2. The third kappa shape index (κ3) is 5.40. The molecule has 0 bridgehead atoms. The van der Waals surface area contributed by atoms with Crippen molar-refractivity contribution >= 4 is 71.3 Å². The third-order valence-corrected chi connectivity index (χ3v) is 10.3. The molecule has 0 aliphatic heterocycles. The number of nitrogens with one attached hydrogen (secondary N) is 1. The summed E-state index contributed by atoms with van der Waals surface area (Å²) >= 11 is 1.83. The van der Waals surface area contributed by atoms with Crippen LogP contribution in [0.4, 0.5) is 0 Å². The van der Waals surface area contributed by atoms with E-state index in [9.17, 15) is 5.41 Å². The van der Waals surface area contributed by atoms with Crippen molar-refractivity contribution in [1.29, 1.82) is 5.41 Å². The molecule has 0 aliphatic carbocycles. The SMILES string of the molecule is N=C(/N=C(\N=C\c1cccc(-c2ccccc2)c1)c1ccccc1)c1cccc2c1oc1ccc(-c3cccc4c3sc3ccccc34)cc12. The van der Waals surface area contributed by atoms with Crippen molar-refractivity contribution in [2.75, 3.05) is 0 Å². The summed E-state index contributed by atoms with van der Waals surface area (Å²) < 4.78 is 9.02. The molecule has 0 atom stereocenters. The van der Waals surface area contributed by atoms with Crippen LogP contribution in [0.3, 0.4) is 0 Å². The molecular formula is C45H29N3OS. The Balaban J connectivity index is 1.10. The van der Waals surface area contributed by atoms with Gasteiger partial charge in [0.05, 0.1) is 5.56 Å². The summed E-state index contributed by atoms with van der Waals surface area (Å²) in [6.07, 6.45) is 1.81. The average molecular weight is 660 g/mol. The van der Waals surface area contributed by atoms with Crippen molar-refractivity contribution in [3.05, 3.63) is 180 Å². The van der Waals surface area contributed by atoms with Gasteiger partial charge in [-0.25, -0.2) is 9.98 Å². The maximum absolute atomic E-state index is 9.19. The molecular weight excluding hydrogens is 631 g/mol. The normalized spacial score (nSPS) is 12.1. The van der Waals surface area contributed by atoms with Gasteiger partial charge in [0.25, 0.3) is 0 Å². The second-order valence-corrected chi connectivity index (χ2v) is 13.2. The molecule has 9 aromatic rings. The van der Waals surface area contributed by atoms with Crippen LogP contribution in [0.25, 0.3) is 64.4 Å². The second kappa shape index (κ2) is 12.5. The molecule has 0 radical (unpaired) electrons. The molecule has 0 amide bonds. The lowest BCUT2D eigenvalue weighted by molar-refractivity contribution is 0.668. The number of hydrogen-bond acceptors (Lipinski definition) is 3. The summed E-state index contributed by atoms with van der Waals surface area (Å²) in [5.41, 5.74) is 8.39. The number of fused-ring (bicyclic) bond motifs is 6. The Morgan fingerprint density at radius 2 is 1.30 bits per heavy atom. The zero-order valence-corrected chi connectivity index (χ0v) is 27.7. The molecule has 9 rings (SSSR count). The van der Waals surface area contributed by atoms with Gasteiger partial charge in [0.2, 0.25) is 0 Å². The predicted octanol–water partition coefficient (Wildman–Crippen LogP) is 12.2. The van der Waals surface area contributed by atoms with Crippen LogP contribution in [0, 0.1) is 5.41 Å². The van der Waals surface area contributed by atoms with Gasteiger partial charge in [0.15, 0.2) is 11.7 Å². The van der Waals surface area contributed by atoms with Crippen LogP contribution in [0.1, 0.15) is 16.7 Å². The van der Waals surface area contributed by atoms with Crippen LogP contribution in [0.5, 0.6) is 0 Å². The van der Waals surface area contributed by atoms with E-state index in [1.807, 2.05) is 96.4 Å². The van der Waals surface area contributed by atoms with Crippen molar-refractivity contribution in [3.63, 3.8) is 0 Å². The molecule has 50 heavy (non-hydrogen) atoms. The largest absolute Gasteiger partial charge is 0.455 e. The van der Waals surface area contributed by atoms with E-state index in [1.54, 1.807) is 0 Å². The molecule has 5 heteroatoms. The fraction of sp³-hybridized carbons (Fsp3) is 0. The lowest BCUT2D eigenvalue weighted by Crippen LogP contribution is -2.05. The third-order valence-electron chi connectivity index (χ3n) is 9.05. The number of nitrogens with zero attached hydrogens (tertiary/aromatic N) is 2. The molecule has 4 nitrogen and oxygen atoms in total. The summed E-state index contributed by atoms with van der Waals surface area (Å²) in [6.45, 7) is 0. The highest BCUT2D eigenvalue weighted by Gasteiger charge is 2.17. The molecule has 0 saturated carbocycles. The van der Waals surface area contributed by atoms with Gasteiger partial charge in [-0.15, -0.1) is 11.3 Å². The van der Waals surface area contributed by atoms with Gasteiger partial charge in [-0.1, -0.05) is 133 Å². The van der Waals surface area contributed by atoms with Crippen LogP contribution in [-0.4, -0.2) is 17.9 Å². The fourth-order valence-electron chi connectivity index (χ4n) is 6.61. The average Bonchev–Trinajstić information content (AvgIpc) is 3.75. The van der Waals surface area contributed by atoms with Crippen LogP contribution in [0.15, 0.2) is 178 Å². The van der Waals surface area contributed by atoms with Crippen molar-refractivity contribution < 1.29 is 4.42 Å². The maximum atomic E-state index is 9.19. The van der Waals surface area contributed by atoms with Gasteiger partial charge >= 0.3 is 0 Å². The van der Waals surface area contributed by atoms with Crippen LogP contribution >= 0.6 is 11.3 Å². The van der Waals surface area contributed by atoms with Crippen molar-refractivity contribution in [2.45, 2.75) is 0 Å². The topological polar surface area (TPSA) is 61.7 Å². The van der Waals surface area contributed by atoms with Gasteiger partial charge in [-0.2, -0.15) is 0 Å². The van der Waals surface area contributed by atoms with Crippen molar-refractivity contribution in [3.8, 4) is 22.3 Å². The summed E-state index contributed by atoms with van der Waals surface area (Å²) in [5, 5.41) is 13.7. The fourth-order valence-corrected chi connectivity index (χ4v) is 7.85. The maximum Gasteiger partial charge on any atom is 0.161 e. The molecule has 2 aromatic heterocycles. The molecule has 2 heterocycles. The minimum atomic E-state index is 0.0824. The first-order valence-corrected chi connectivity index (χ1v) is 17.3. The highest BCUT2D eigenvalue weighted by molar-refractivity contribution is 7.26. The molecule has 0 unspecified atom stereocenters. The number of benzene rings is 7. The number of aliphatic imine (C=N–C) groups is 2. The number of para-hydroxylation sites is 1. The van der Waals surface area contributed by atoms with Gasteiger partial charge in [-0.3, -0.25) is 5.41 Å².